The van der Waals surface area contributed by atoms with Crippen LogP contribution in [0.2, 0.25) is 0 Å². The van der Waals surface area contributed by atoms with Crippen molar-refractivity contribution < 1.29 is 0 Å². The summed E-state index contributed by atoms with van der Waals surface area (Å²) in [4.78, 5) is 3.92. The van der Waals surface area contributed by atoms with E-state index >= 15 is 0 Å². The van der Waals surface area contributed by atoms with Crippen molar-refractivity contribution in [2.75, 3.05) is 0 Å². The maximum absolute atomic E-state index is 3.96. The number of pyridine rings is 1. The summed E-state index contributed by atoms with van der Waals surface area (Å²) >= 11 is 0. The molecule has 0 radical (unpaired) electrons. The van der Waals surface area contributed by atoms with E-state index in [9.17, 15) is 0 Å². The van der Waals surface area contributed by atoms with E-state index in [1.165, 1.54) is 0 Å². The van der Waals surface area contributed by atoms with E-state index in [1.54, 1.807) is 18.6 Å². The van der Waals surface area contributed by atoms with Crippen LogP contribution in [0.4, 0.5) is 0 Å². The Morgan fingerprint density at radius 3 is 2.64 bits per heavy atom. The van der Waals surface area contributed by atoms with Gasteiger partial charge in [0, 0.05) is 30.6 Å². The predicted octanol–water partition coefficient (Wildman–Crippen LogP) is 1.26. The first-order chi connectivity index (χ1) is 5.47. The van der Waals surface area contributed by atoms with Gasteiger partial charge in [0.05, 0.1) is 5.71 Å². The Hall–Kier alpha value is -1.51. The smallest absolute Gasteiger partial charge is 0.0757 e. The van der Waals surface area contributed by atoms with Crippen molar-refractivity contribution in [3.8, 4) is 0 Å². The molecule has 0 aliphatic carbocycles. The van der Waals surface area contributed by atoms with Crippen LogP contribution >= 0.6 is 0 Å². The fraction of sp³-hybridized carbons (Fsp3) is 0.125. The highest BCUT2D eigenvalue weighted by Gasteiger charge is 2.04. The SMILES string of the molecule is C1=NN=C(c2ccncc2)C1. The molecule has 3 nitrogen and oxygen atoms in total. The second kappa shape index (κ2) is 2.62. The summed E-state index contributed by atoms with van der Waals surface area (Å²) in [6, 6.07) is 3.88. The van der Waals surface area contributed by atoms with Crippen molar-refractivity contribution in [2.45, 2.75) is 6.42 Å². The van der Waals surface area contributed by atoms with E-state index in [0.717, 1.165) is 17.7 Å². The Balaban J connectivity index is 2.31. The van der Waals surface area contributed by atoms with E-state index in [-0.39, 0.29) is 0 Å². The van der Waals surface area contributed by atoms with Crippen molar-refractivity contribution in [3.63, 3.8) is 0 Å². The number of rotatable bonds is 1. The number of nitrogens with zero attached hydrogens (tertiary/aromatic N) is 3. The molecule has 0 atom stereocenters. The molecule has 1 aromatic rings. The van der Waals surface area contributed by atoms with Crippen LogP contribution < -0.4 is 0 Å². The Bertz CT molecular complexity index is 300. The third-order valence-electron chi connectivity index (χ3n) is 1.56. The van der Waals surface area contributed by atoms with Crippen LogP contribution in [-0.4, -0.2) is 16.9 Å². The lowest BCUT2D eigenvalue weighted by molar-refractivity contribution is 1.27. The zero-order valence-electron chi connectivity index (χ0n) is 5.94. The number of aromatic nitrogens is 1. The molecule has 0 bridgehead atoms. The molecule has 1 aromatic heterocycles. The normalized spacial score (nSPS) is 15.1. The Labute approximate surface area is 64.5 Å². The Morgan fingerprint density at radius 1 is 1.18 bits per heavy atom. The van der Waals surface area contributed by atoms with Crippen LogP contribution in [-0.2, 0) is 0 Å². The Morgan fingerprint density at radius 2 is 2.00 bits per heavy atom. The van der Waals surface area contributed by atoms with Gasteiger partial charge in [0.2, 0.25) is 0 Å². The predicted molar refractivity (Wildman–Crippen MR) is 43.9 cm³/mol. The summed E-state index contributed by atoms with van der Waals surface area (Å²) in [7, 11) is 0. The van der Waals surface area contributed by atoms with Gasteiger partial charge in [0.1, 0.15) is 0 Å². The molecule has 3 heteroatoms. The zero-order chi connectivity index (χ0) is 7.52. The minimum absolute atomic E-state index is 0.837. The van der Waals surface area contributed by atoms with Gasteiger partial charge in [-0.2, -0.15) is 10.2 Å². The number of hydrogen-bond acceptors (Lipinski definition) is 3. The summed E-state index contributed by atoms with van der Waals surface area (Å²) in [6.45, 7) is 0. The van der Waals surface area contributed by atoms with Gasteiger partial charge in [0.25, 0.3) is 0 Å². The monoisotopic (exact) mass is 145 g/mol. The first-order valence-electron chi connectivity index (χ1n) is 3.45. The summed E-state index contributed by atoms with van der Waals surface area (Å²) in [6.07, 6.45) is 6.16. The van der Waals surface area contributed by atoms with Crippen LogP contribution in [0.25, 0.3) is 0 Å². The second-order valence-electron chi connectivity index (χ2n) is 2.28. The van der Waals surface area contributed by atoms with Crippen LogP contribution in [0.1, 0.15) is 12.0 Å². The van der Waals surface area contributed by atoms with Gasteiger partial charge in [-0.05, 0) is 12.1 Å². The van der Waals surface area contributed by atoms with Gasteiger partial charge in [-0.1, -0.05) is 0 Å². The molecule has 0 unspecified atom stereocenters. The van der Waals surface area contributed by atoms with Crippen LogP contribution in [0.5, 0.6) is 0 Å². The molecular formula is C8H7N3. The molecule has 1 aliphatic rings. The van der Waals surface area contributed by atoms with Gasteiger partial charge in [-0.25, -0.2) is 0 Å². The zero-order valence-corrected chi connectivity index (χ0v) is 5.94. The lowest BCUT2D eigenvalue weighted by atomic mass is 10.1. The summed E-state index contributed by atoms with van der Waals surface area (Å²) in [5.74, 6) is 0. The highest BCUT2D eigenvalue weighted by atomic mass is 15.2. The molecule has 0 spiro atoms. The summed E-state index contributed by atoms with van der Waals surface area (Å²) in [5, 5.41) is 7.75. The van der Waals surface area contributed by atoms with Crippen LogP contribution in [0, 0.1) is 0 Å². The lowest BCUT2D eigenvalue weighted by Crippen LogP contribution is -1.96. The Kier molecular flexibility index (Phi) is 1.48. The molecule has 0 amide bonds. The quantitative estimate of drug-likeness (QED) is 0.586. The van der Waals surface area contributed by atoms with E-state index in [1.807, 2.05) is 12.1 Å². The molecule has 2 heterocycles. The van der Waals surface area contributed by atoms with Crippen LogP contribution in [0.15, 0.2) is 34.7 Å². The maximum atomic E-state index is 3.96. The highest BCUT2D eigenvalue weighted by Crippen LogP contribution is 2.05. The molecule has 0 aromatic carbocycles. The first-order valence-corrected chi connectivity index (χ1v) is 3.45. The molecule has 0 N–H and O–H groups in total. The maximum Gasteiger partial charge on any atom is 0.0757 e. The minimum Gasteiger partial charge on any atom is -0.265 e. The standard InChI is InChI=1S/C8H7N3/c1-4-9-5-2-7(1)8-3-6-10-11-8/h1-2,4-6H,3H2. The molecule has 54 valence electrons. The van der Waals surface area contributed by atoms with E-state index < -0.39 is 0 Å². The number of hydrogen-bond donors (Lipinski definition) is 0. The molecule has 2 rings (SSSR count). The molecule has 0 saturated heterocycles. The van der Waals surface area contributed by atoms with Crippen molar-refractivity contribution in [1.82, 2.24) is 4.98 Å². The molecule has 0 saturated carbocycles. The van der Waals surface area contributed by atoms with Gasteiger partial charge in [-0.3, -0.25) is 4.98 Å². The molecule has 1 aliphatic heterocycles. The van der Waals surface area contributed by atoms with Gasteiger partial charge in [0.15, 0.2) is 0 Å². The van der Waals surface area contributed by atoms with Gasteiger partial charge in [-0.15, -0.1) is 0 Å². The topological polar surface area (TPSA) is 37.6 Å². The highest BCUT2D eigenvalue weighted by molar-refractivity contribution is 6.09. The summed E-state index contributed by atoms with van der Waals surface area (Å²) < 4.78 is 0. The van der Waals surface area contributed by atoms with E-state index in [4.69, 9.17) is 0 Å². The second-order valence-corrected chi connectivity index (χ2v) is 2.28. The summed E-state index contributed by atoms with van der Waals surface area (Å²) in [5.41, 5.74) is 2.13. The van der Waals surface area contributed by atoms with Gasteiger partial charge < -0.3 is 0 Å². The average molecular weight is 145 g/mol. The molecular weight excluding hydrogens is 138 g/mol. The third kappa shape index (κ3) is 1.17. The molecule has 11 heavy (non-hydrogen) atoms. The van der Waals surface area contributed by atoms with E-state index in [2.05, 4.69) is 15.2 Å². The van der Waals surface area contributed by atoms with Crippen molar-refractivity contribution >= 4 is 11.9 Å². The lowest BCUT2D eigenvalue weighted by Gasteiger charge is -1.95. The first kappa shape index (κ1) is 6.22. The van der Waals surface area contributed by atoms with E-state index in [0.29, 0.717) is 0 Å². The largest absolute Gasteiger partial charge is 0.265 e. The fourth-order valence-corrected chi connectivity index (χ4v) is 0.999. The van der Waals surface area contributed by atoms with Gasteiger partial charge >= 0.3 is 0 Å². The van der Waals surface area contributed by atoms with Crippen molar-refractivity contribution in [3.05, 3.63) is 30.1 Å². The van der Waals surface area contributed by atoms with Crippen LogP contribution in [0.3, 0.4) is 0 Å². The molecule has 0 fully saturated rings. The van der Waals surface area contributed by atoms with Crippen molar-refractivity contribution in [1.29, 1.82) is 0 Å². The minimum atomic E-state index is 0.837. The fourth-order valence-electron chi connectivity index (χ4n) is 0.999. The third-order valence-corrected chi connectivity index (χ3v) is 1.56. The van der Waals surface area contributed by atoms with Crippen molar-refractivity contribution in [2.24, 2.45) is 10.2 Å². The average Bonchev–Trinajstić information content (AvgIpc) is 2.58.